The van der Waals surface area contributed by atoms with E-state index in [2.05, 4.69) is 0 Å². The van der Waals surface area contributed by atoms with E-state index in [1.165, 1.54) is 0 Å². The van der Waals surface area contributed by atoms with Gasteiger partial charge in [-0.05, 0) is 17.8 Å². The highest BCUT2D eigenvalue weighted by Gasteiger charge is 2.23. The molecule has 0 spiro atoms. The normalized spacial score (nSPS) is 17.1. The van der Waals surface area contributed by atoms with Crippen LogP contribution in [-0.2, 0) is 4.79 Å². The highest BCUT2D eigenvalue weighted by Crippen LogP contribution is 2.25. The van der Waals surface area contributed by atoms with Gasteiger partial charge in [0.05, 0.1) is 6.10 Å². The minimum atomic E-state index is -0.313. The molecule has 0 fully saturated rings. The van der Waals surface area contributed by atoms with Crippen LogP contribution in [0.3, 0.4) is 0 Å². The van der Waals surface area contributed by atoms with Gasteiger partial charge in [0.1, 0.15) is 6.29 Å². The molecule has 0 amide bonds. The average Bonchev–Trinajstić information content (AvgIpc) is 1.85. The van der Waals surface area contributed by atoms with Crippen molar-refractivity contribution in [1.29, 1.82) is 0 Å². The predicted molar refractivity (Wildman–Crippen MR) is 49.9 cm³/mol. The number of aliphatic hydroxyl groups is 1. The fourth-order valence-electron chi connectivity index (χ4n) is 0.995. The topological polar surface area (TPSA) is 37.3 Å². The third kappa shape index (κ3) is 4.50. The molecule has 0 saturated carbocycles. The molecule has 0 unspecified atom stereocenters. The fraction of sp³-hybridized carbons (Fsp3) is 0.900. The van der Waals surface area contributed by atoms with Gasteiger partial charge in [0.2, 0.25) is 0 Å². The van der Waals surface area contributed by atoms with Gasteiger partial charge in [0, 0.05) is 6.42 Å². The number of rotatable bonds is 4. The lowest BCUT2D eigenvalue weighted by molar-refractivity contribution is -0.108. The molecule has 1 N–H and O–H groups in total. The van der Waals surface area contributed by atoms with Crippen molar-refractivity contribution in [2.45, 2.75) is 46.6 Å². The van der Waals surface area contributed by atoms with Crippen molar-refractivity contribution in [1.82, 2.24) is 0 Å². The van der Waals surface area contributed by atoms with E-state index in [1.807, 2.05) is 27.7 Å². The van der Waals surface area contributed by atoms with Crippen LogP contribution in [-0.4, -0.2) is 17.5 Å². The third-order valence-corrected chi connectivity index (χ3v) is 2.12. The first-order valence-corrected chi connectivity index (χ1v) is 4.49. The Morgan fingerprint density at radius 2 is 1.92 bits per heavy atom. The molecule has 0 aliphatic carbocycles. The standard InChI is InChI=1S/C10H20O2/c1-8(5-6-11)7-9(12)10(2,3)4/h6,8-9,12H,5,7H2,1-4H3/t8-,9-/m0/s1. The number of hydrogen-bond acceptors (Lipinski definition) is 2. The van der Waals surface area contributed by atoms with E-state index in [1.54, 1.807) is 0 Å². The molecular formula is C10H20O2. The van der Waals surface area contributed by atoms with Crippen molar-refractivity contribution in [3.63, 3.8) is 0 Å². The van der Waals surface area contributed by atoms with Gasteiger partial charge in [-0.25, -0.2) is 0 Å². The zero-order valence-corrected chi connectivity index (χ0v) is 8.50. The minimum absolute atomic E-state index is 0.0723. The summed E-state index contributed by atoms with van der Waals surface area (Å²) in [6.07, 6.45) is 1.86. The van der Waals surface area contributed by atoms with Gasteiger partial charge < -0.3 is 9.90 Å². The van der Waals surface area contributed by atoms with E-state index in [0.717, 1.165) is 6.29 Å². The van der Waals surface area contributed by atoms with E-state index in [0.29, 0.717) is 12.8 Å². The van der Waals surface area contributed by atoms with Crippen LogP contribution < -0.4 is 0 Å². The molecular weight excluding hydrogens is 152 g/mol. The zero-order chi connectivity index (χ0) is 9.78. The second-order valence-corrected chi connectivity index (χ2v) is 4.63. The van der Waals surface area contributed by atoms with Crippen LogP contribution in [0.15, 0.2) is 0 Å². The molecule has 72 valence electrons. The third-order valence-electron chi connectivity index (χ3n) is 2.12. The van der Waals surface area contributed by atoms with Gasteiger partial charge in [0.25, 0.3) is 0 Å². The molecule has 0 rings (SSSR count). The van der Waals surface area contributed by atoms with Crippen LogP contribution in [0.5, 0.6) is 0 Å². The Hall–Kier alpha value is -0.370. The molecule has 0 aliphatic rings. The summed E-state index contributed by atoms with van der Waals surface area (Å²) >= 11 is 0. The van der Waals surface area contributed by atoms with Crippen molar-refractivity contribution in [3.05, 3.63) is 0 Å². The number of hydrogen-bond donors (Lipinski definition) is 1. The Bertz CT molecular complexity index is 135. The van der Waals surface area contributed by atoms with Crippen LogP contribution >= 0.6 is 0 Å². The highest BCUT2D eigenvalue weighted by molar-refractivity contribution is 5.49. The lowest BCUT2D eigenvalue weighted by atomic mass is 9.83. The highest BCUT2D eigenvalue weighted by atomic mass is 16.3. The van der Waals surface area contributed by atoms with E-state index in [4.69, 9.17) is 0 Å². The second-order valence-electron chi connectivity index (χ2n) is 4.63. The minimum Gasteiger partial charge on any atom is -0.393 e. The molecule has 0 bridgehead atoms. The lowest BCUT2D eigenvalue weighted by Crippen LogP contribution is -2.27. The SMILES string of the molecule is C[C@@H](CC=O)C[C@H](O)C(C)(C)C. The van der Waals surface area contributed by atoms with Gasteiger partial charge in [-0.1, -0.05) is 27.7 Å². The van der Waals surface area contributed by atoms with Gasteiger partial charge >= 0.3 is 0 Å². The summed E-state index contributed by atoms with van der Waals surface area (Å²) in [5.41, 5.74) is -0.0723. The molecule has 2 heteroatoms. The van der Waals surface area contributed by atoms with Crippen molar-refractivity contribution in [2.75, 3.05) is 0 Å². The quantitative estimate of drug-likeness (QED) is 0.659. The van der Waals surface area contributed by atoms with E-state index >= 15 is 0 Å². The fourth-order valence-corrected chi connectivity index (χ4v) is 0.995. The summed E-state index contributed by atoms with van der Waals surface area (Å²) in [5, 5.41) is 9.67. The van der Waals surface area contributed by atoms with Gasteiger partial charge in [0.15, 0.2) is 0 Å². The zero-order valence-electron chi connectivity index (χ0n) is 8.50. The number of carbonyl (C=O) groups is 1. The smallest absolute Gasteiger partial charge is 0.120 e. The van der Waals surface area contributed by atoms with Gasteiger partial charge in [-0.15, -0.1) is 0 Å². The predicted octanol–water partition coefficient (Wildman–Crippen LogP) is 2.01. The van der Waals surface area contributed by atoms with E-state index in [9.17, 15) is 9.90 Å². The van der Waals surface area contributed by atoms with Crippen molar-refractivity contribution in [2.24, 2.45) is 11.3 Å². The molecule has 0 aromatic heterocycles. The summed E-state index contributed by atoms with van der Waals surface area (Å²) in [7, 11) is 0. The lowest BCUT2D eigenvalue weighted by Gasteiger charge is -2.27. The second kappa shape index (κ2) is 4.61. The summed E-state index contributed by atoms with van der Waals surface area (Å²) in [6.45, 7) is 8.01. The summed E-state index contributed by atoms with van der Waals surface area (Å²) in [4.78, 5) is 10.2. The number of aliphatic hydroxyl groups excluding tert-OH is 1. The average molecular weight is 172 g/mol. The van der Waals surface area contributed by atoms with Crippen LogP contribution in [0.4, 0.5) is 0 Å². The Morgan fingerprint density at radius 3 is 2.25 bits per heavy atom. The maximum atomic E-state index is 10.2. The molecule has 0 aromatic carbocycles. The largest absolute Gasteiger partial charge is 0.393 e. The summed E-state index contributed by atoms with van der Waals surface area (Å²) < 4.78 is 0. The molecule has 2 atom stereocenters. The van der Waals surface area contributed by atoms with Gasteiger partial charge in [-0.3, -0.25) is 0 Å². The molecule has 0 saturated heterocycles. The Morgan fingerprint density at radius 1 is 1.42 bits per heavy atom. The maximum absolute atomic E-state index is 10.2. The monoisotopic (exact) mass is 172 g/mol. The molecule has 0 aromatic rings. The first kappa shape index (κ1) is 11.6. The van der Waals surface area contributed by atoms with Gasteiger partial charge in [-0.2, -0.15) is 0 Å². The Labute approximate surface area is 75.0 Å². The van der Waals surface area contributed by atoms with Crippen LogP contribution in [0.25, 0.3) is 0 Å². The molecule has 12 heavy (non-hydrogen) atoms. The number of carbonyl (C=O) groups excluding carboxylic acids is 1. The molecule has 0 radical (unpaired) electrons. The molecule has 2 nitrogen and oxygen atoms in total. The summed E-state index contributed by atoms with van der Waals surface area (Å²) in [6, 6.07) is 0. The Balaban J connectivity index is 3.83. The Kier molecular flexibility index (Phi) is 4.46. The number of aldehydes is 1. The van der Waals surface area contributed by atoms with Crippen molar-refractivity contribution in [3.8, 4) is 0 Å². The van der Waals surface area contributed by atoms with Crippen LogP contribution in [0.1, 0.15) is 40.5 Å². The van der Waals surface area contributed by atoms with Crippen molar-refractivity contribution < 1.29 is 9.90 Å². The van der Waals surface area contributed by atoms with E-state index in [-0.39, 0.29) is 17.4 Å². The van der Waals surface area contributed by atoms with Crippen LogP contribution in [0.2, 0.25) is 0 Å². The summed E-state index contributed by atoms with van der Waals surface area (Å²) in [5.74, 6) is 0.289. The first-order chi connectivity index (χ1) is 5.38. The first-order valence-electron chi connectivity index (χ1n) is 4.49. The van der Waals surface area contributed by atoms with E-state index < -0.39 is 0 Å². The van der Waals surface area contributed by atoms with Crippen molar-refractivity contribution >= 4 is 6.29 Å². The maximum Gasteiger partial charge on any atom is 0.120 e. The molecule has 0 heterocycles. The molecule has 0 aliphatic heterocycles. The van der Waals surface area contributed by atoms with Crippen LogP contribution in [0, 0.1) is 11.3 Å².